The molecular weight excluding hydrogens is 397 g/mol. The SMILES string of the molecule is CCCCCCCCCCCCCCCC=CCO.O=[P+]([O-])O[P+](=O)O.[Na+]. The average molecular weight is 434 g/mol. The van der Waals surface area contributed by atoms with Crippen LogP contribution in [-0.4, -0.2) is 16.6 Å². The summed E-state index contributed by atoms with van der Waals surface area (Å²) in [4.78, 5) is 16.9. The summed E-state index contributed by atoms with van der Waals surface area (Å²) in [7, 11) is -6.16. The predicted octanol–water partition coefficient (Wildman–Crippen LogP) is 2.69. The molecule has 0 aliphatic heterocycles. The normalized spacial score (nSPS) is 11.6. The van der Waals surface area contributed by atoms with Crippen LogP contribution >= 0.6 is 16.5 Å². The molecule has 0 saturated heterocycles. The first-order chi connectivity index (χ1) is 12.5. The Balaban J connectivity index is -0.000000612. The molecule has 0 aromatic carbocycles. The van der Waals surface area contributed by atoms with E-state index in [2.05, 4.69) is 17.3 Å². The molecule has 2 atom stereocenters. The molecule has 0 fully saturated rings. The van der Waals surface area contributed by atoms with Crippen molar-refractivity contribution in [2.24, 2.45) is 0 Å². The van der Waals surface area contributed by atoms with Crippen LogP contribution in [0.5, 0.6) is 0 Å². The average Bonchev–Trinajstić information content (AvgIpc) is 2.58. The third-order valence-corrected chi connectivity index (χ3v) is 4.98. The minimum absolute atomic E-state index is 0. The van der Waals surface area contributed by atoms with E-state index in [1.807, 2.05) is 6.08 Å². The fourth-order valence-electron chi connectivity index (χ4n) is 2.53. The summed E-state index contributed by atoms with van der Waals surface area (Å²) in [6.45, 7) is 2.47. The molecule has 0 aromatic heterocycles. The molecular formula is C18H37NaO6P2+2. The van der Waals surface area contributed by atoms with Crippen LogP contribution in [0.1, 0.15) is 96.8 Å². The van der Waals surface area contributed by atoms with Crippen LogP contribution in [0.2, 0.25) is 0 Å². The first-order valence-corrected chi connectivity index (χ1v) is 12.0. The van der Waals surface area contributed by atoms with E-state index < -0.39 is 16.5 Å². The molecule has 0 aromatic rings. The van der Waals surface area contributed by atoms with Crippen LogP contribution in [0, 0.1) is 0 Å². The van der Waals surface area contributed by atoms with Gasteiger partial charge in [-0.05, 0) is 17.4 Å². The zero-order valence-corrected chi connectivity index (χ0v) is 21.0. The Morgan fingerprint density at radius 3 is 1.52 bits per heavy atom. The molecule has 0 bridgehead atoms. The molecule has 27 heavy (non-hydrogen) atoms. The van der Waals surface area contributed by atoms with Gasteiger partial charge in [0, 0.05) is 4.57 Å². The van der Waals surface area contributed by atoms with Crippen molar-refractivity contribution >= 4 is 16.5 Å². The molecule has 6 nitrogen and oxygen atoms in total. The Hall–Kier alpha value is 0.780. The number of aliphatic hydroxyl groups excluding tert-OH is 1. The molecule has 0 saturated carbocycles. The van der Waals surface area contributed by atoms with Gasteiger partial charge in [-0.15, -0.1) is 4.89 Å². The molecule has 0 radical (unpaired) electrons. The van der Waals surface area contributed by atoms with Crippen molar-refractivity contribution in [2.45, 2.75) is 96.8 Å². The Morgan fingerprint density at radius 1 is 0.815 bits per heavy atom. The van der Waals surface area contributed by atoms with Crippen LogP contribution in [0.4, 0.5) is 0 Å². The number of aliphatic hydroxyl groups is 1. The largest absolute Gasteiger partial charge is 1.00 e. The van der Waals surface area contributed by atoms with Gasteiger partial charge in [0.15, 0.2) is 0 Å². The summed E-state index contributed by atoms with van der Waals surface area (Å²) < 4.78 is 21.9. The van der Waals surface area contributed by atoms with E-state index >= 15 is 0 Å². The standard InChI is InChI=1S/C18H36O.Na.O5P2/c1-2-3-4-5-6-7-8-9-10-11-12-13-14-15-16-17-18-19;;1-6(2)5-7(3)4/h16-17,19H,2-15,18H2,1H3;;/q;+1;/p+1. The van der Waals surface area contributed by atoms with Gasteiger partial charge < -0.3 is 10.00 Å². The summed E-state index contributed by atoms with van der Waals surface area (Å²) >= 11 is 0. The van der Waals surface area contributed by atoms with Gasteiger partial charge in [-0.2, -0.15) is 0 Å². The fourth-order valence-corrected chi connectivity index (χ4v) is 2.99. The van der Waals surface area contributed by atoms with Crippen LogP contribution in [-0.2, 0) is 13.4 Å². The van der Waals surface area contributed by atoms with Crippen molar-refractivity contribution in [1.29, 1.82) is 0 Å². The second-order valence-corrected chi connectivity index (χ2v) is 7.80. The topological polar surface area (TPSA) is 107 Å². The third kappa shape index (κ3) is 38.1. The molecule has 0 aliphatic carbocycles. The Labute approximate surface area is 189 Å². The van der Waals surface area contributed by atoms with Gasteiger partial charge in [-0.3, -0.25) is 0 Å². The summed E-state index contributed by atoms with van der Waals surface area (Å²) in [6.07, 6.45) is 23.4. The van der Waals surface area contributed by atoms with Crippen molar-refractivity contribution in [3.8, 4) is 0 Å². The van der Waals surface area contributed by atoms with Crippen molar-refractivity contribution in [1.82, 2.24) is 0 Å². The van der Waals surface area contributed by atoms with E-state index in [0.29, 0.717) is 0 Å². The molecule has 0 spiro atoms. The van der Waals surface area contributed by atoms with Crippen molar-refractivity contribution in [3.05, 3.63) is 12.2 Å². The van der Waals surface area contributed by atoms with Gasteiger partial charge in [-0.25, -0.2) is 0 Å². The molecule has 0 amide bonds. The van der Waals surface area contributed by atoms with E-state index in [9.17, 15) is 14.0 Å². The Kier molecular flexibility index (Phi) is 34.8. The summed E-state index contributed by atoms with van der Waals surface area (Å²) in [5, 5.41) is 8.58. The Bertz CT molecular complexity index is 345. The molecule has 0 heterocycles. The third-order valence-electron chi connectivity index (χ3n) is 3.88. The maximum atomic E-state index is 9.35. The molecule has 154 valence electrons. The van der Waals surface area contributed by atoms with Crippen LogP contribution in [0.15, 0.2) is 12.2 Å². The van der Waals surface area contributed by atoms with Crippen LogP contribution in [0.3, 0.4) is 0 Å². The molecule has 0 aliphatic rings. The maximum absolute atomic E-state index is 9.35. The van der Waals surface area contributed by atoms with E-state index in [1.54, 1.807) is 0 Å². The zero-order chi connectivity index (χ0) is 19.9. The Morgan fingerprint density at radius 2 is 1.22 bits per heavy atom. The van der Waals surface area contributed by atoms with Gasteiger partial charge >= 0.3 is 46.1 Å². The van der Waals surface area contributed by atoms with Gasteiger partial charge in [0.25, 0.3) is 0 Å². The fraction of sp³-hybridized carbons (Fsp3) is 0.889. The van der Waals surface area contributed by atoms with Gasteiger partial charge in [-0.1, -0.05) is 96.1 Å². The van der Waals surface area contributed by atoms with E-state index in [1.165, 1.54) is 83.5 Å². The molecule has 2 N–H and O–H groups in total. The molecule has 0 rings (SSSR count). The van der Waals surface area contributed by atoms with Gasteiger partial charge in [0.2, 0.25) is 0 Å². The number of unbranched alkanes of at least 4 members (excludes halogenated alkanes) is 13. The number of allylic oxidation sites excluding steroid dienone is 1. The second kappa shape index (κ2) is 29.0. The number of hydrogen-bond acceptors (Lipinski definition) is 5. The summed E-state index contributed by atoms with van der Waals surface area (Å²) in [6, 6.07) is 0. The number of rotatable bonds is 17. The first-order valence-electron chi connectivity index (χ1n) is 9.79. The van der Waals surface area contributed by atoms with Gasteiger partial charge in [0.05, 0.1) is 6.61 Å². The van der Waals surface area contributed by atoms with Crippen LogP contribution in [0.25, 0.3) is 0 Å². The zero-order valence-electron chi connectivity index (χ0n) is 17.2. The minimum Gasteiger partial charge on any atom is -0.563 e. The molecule has 2 unspecified atom stereocenters. The molecule has 9 heteroatoms. The van der Waals surface area contributed by atoms with Crippen molar-refractivity contribution in [3.63, 3.8) is 0 Å². The van der Waals surface area contributed by atoms with Crippen molar-refractivity contribution < 1.29 is 57.9 Å². The quantitative estimate of drug-likeness (QED) is 0.158. The van der Waals surface area contributed by atoms with E-state index in [-0.39, 0.29) is 36.2 Å². The second-order valence-electron chi connectivity index (χ2n) is 6.23. The van der Waals surface area contributed by atoms with Crippen molar-refractivity contribution in [2.75, 3.05) is 6.61 Å². The monoisotopic (exact) mass is 434 g/mol. The van der Waals surface area contributed by atoms with E-state index in [4.69, 9.17) is 10.00 Å². The van der Waals surface area contributed by atoms with E-state index in [0.717, 1.165) is 6.42 Å². The van der Waals surface area contributed by atoms with Crippen LogP contribution < -0.4 is 34.5 Å². The predicted molar refractivity (Wildman–Crippen MR) is 105 cm³/mol. The number of hydrogen-bond donors (Lipinski definition) is 2. The van der Waals surface area contributed by atoms with Gasteiger partial charge in [0.1, 0.15) is 4.31 Å². The minimum atomic E-state index is -3.17. The maximum Gasteiger partial charge on any atom is 1.00 e. The summed E-state index contributed by atoms with van der Waals surface area (Å²) in [5.74, 6) is 0. The summed E-state index contributed by atoms with van der Waals surface area (Å²) in [5.41, 5.74) is 0. The smallest absolute Gasteiger partial charge is 0.563 e. The first kappa shape index (κ1) is 32.4.